The van der Waals surface area contributed by atoms with Gasteiger partial charge in [-0.1, -0.05) is 25.1 Å². The molecule has 0 saturated carbocycles. The smallest absolute Gasteiger partial charge is 0.209 e. The number of hydrogen-bond acceptors (Lipinski definition) is 2. The molecule has 0 spiro atoms. The Hall–Kier alpha value is -1.22. The molecule has 16 heavy (non-hydrogen) atoms. The third kappa shape index (κ3) is 2.89. The van der Waals surface area contributed by atoms with Crippen molar-refractivity contribution in [1.29, 1.82) is 0 Å². The molecule has 1 amide bonds. The van der Waals surface area contributed by atoms with Crippen LogP contribution in [0, 0.1) is 0 Å². The van der Waals surface area contributed by atoms with Gasteiger partial charge in [0.25, 0.3) is 0 Å². The third-order valence-corrected chi connectivity index (χ3v) is 2.87. The van der Waals surface area contributed by atoms with Crippen molar-refractivity contribution in [3.05, 3.63) is 29.3 Å². The molecule has 88 valence electrons. The molecule has 1 aromatic carbocycles. The molecule has 1 aromatic rings. The van der Waals surface area contributed by atoms with Gasteiger partial charge in [0.2, 0.25) is 6.41 Å². The minimum atomic E-state index is 0. The van der Waals surface area contributed by atoms with Crippen LogP contribution in [0.25, 0.3) is 0 Å². The molecule has 0 N–H and O–H groups in total. The van der Waals surface area contributed by atoms with E-state index in [1.165, 1.54) is 0 Å². The Morgan fingerprint density at radius 3 is 2.44 bits per heavy atom. The van der Waals surface area contributed by atoms with E-state index in [0.29, 0.717) is 0 Å². The van der Waals surface area contributed by atoms with Gasteiger partial charge in [-0.25, -0.2) is 0 Å². The SMILES string of the molecule is C.O=CN1CCN(c2cccc(Cl)c2)CC1. The zero-order valence-electron chi connectivity index (χ0n) is 8.40. The van der Waals surface area contributed by atoms with Crippen molar-refractivity contribution < 1.29 is 4.79 Å². The number of nitrogens with zero attached hydrogens (tertiary/aromatic N) is 2. The average Bonchev–Trinajstić information content (AvgIpc) is 2.29. The molecule has 1 aliphatic heterocycles. The van der Waals surface area contributed by atoms with Crippen molar-refractivity contribution in [3.8, 4) is 0 Å². The van der Waals surface area contributed by atoms with Crippen LogP contribution in [0.5, 0.6) is 0 Å². The van der Waals surface area contributed by atoms with Crippen LogP contribution >= 0.6 is 11.6 Å². The first-order chi connectivity index (χ1) is 7.29. The van der Waals surface area contributed by atoms with Crippen LogP contribution in [0.4, 0.5) is 5.69 Å². The fraction of sp³-hybridized carbons (Fsp3) is 0.417. The van der Waals surface area contributed by atoms with Crippen LogP contribution in [-0.2, 0) is 4.79 Å². The molecule has 2 rings (SSSR count). The first kappa shape index (κ1) is 12.8. The number of rotatable bonds is 2. The predicted molar refractivity (Wildman–Crippen MR) is 68.0 cm³/mol. The maximum atomic E-state index is 10.5. The minimum absolute atomic E-state index is 0. The largest absolute Gasteiger partial charge is 0.368 e. The topological polar surface area (TPSA) is 23.6 Å². The van der Waals surface area contributed by atoms with Gasteiger partial charge in [-0.3, -0.25) is 4.79 Å². The second-order valence-corrected chi connectivity index (χ2v) is 4.04. The highest BCUT2D eigenvalue weighted by atomic mass is 35.5. The molecule has 0 atom stereocenters. The lowest BCUT2D eigenvalue weighted by Gasteiger charge is -2.34. The van der Waals surface area contributed by atoms with Crippen LogP contribution in [0.3, 0.4) is 0 Å². The summed E-state index contributed by atoms with van der Waals surface area (Å²) >= 11 is 5.93. The number of piperazine rings is 1. The standard InChI is InChI=1S/C11H13ClN2O.CH4/c12-10-2-1-3-11(8-10)14-6-4-13(9-15)5-7-14;/h1-3,8-9H,4-7H2;1H4. The van der Waals surface area contributed by atoms with E-state index in [9.17, 15) is 4.79 Å². The second kappa shape index (κ2) is 5.75. The Balaban J connectivity index is 0.00000128. The number of amides is 1. The second-order valence-electron chi connectivity index (χ2n) is 3.61. The zero-order chi connectivity index (χ0) is 10.7. The van der Waals surface area contributed by atoms with E-state index in [1.54, 1.807) is 4.90 Å². The summed E-state index contributed by atoms with van der Waals surface area (Å²) in [6.45, 7) is 3.32. The Morgan fingerprint density at radius 2 is 1.88 bits per heavy atom. The van der Waals surface area contributed by atoms with Crippen molar-refractivity contribution in [1.82, 2.24) is 4.90 Å². The summed E-state index contributed by atoms with van der Waals surface area (Å²) in [5.41, 5.74) is 1.13. The van der Waals surface area contributed by atoms with E-state index in [0.717, 1.165) is 43.3 Å². The van der Waals surface area contributed by atoms with Gasteiger partial charge in [-0.2, -0.15) is 0 Å². The van der Waals surface area contributed by atoms with Gasteiger partial charge < -0.3 is 9.80 Å². The van der Waals surface area contributed by atoms with Crippen molar-refractivity contribution >= 4 is 23.7 Å². The van der Waals surface area contributed by atoms with Crippen LogP contribution in [0.2, 0.25) is 5.02 Å². The molecular formula is C12H17ClN2O. The lowest BCUT2D eigenvalue weighted by Crippen LogP contribution is -2.45. The summed E-state index contributed by atoms with van der Waals surface area (Å²) in [6.07, 6.45) is 0.912. The maximum absolute atomic E-state index is 10.5. The van der Waals surface area contributed by atoms with Crippen LogP contribution in [0.15, 0.2) is 24.3 Å². The number of carbonyl (C=O) groups is 1. The lowest BCUT2D eigenvalue weighted by atomic mass is 10.2. The van der Waals surface area contributed by atoms with E-state index in [4.69, 9.17) is 11.6 Å². The summed E-state index contributed by atoms with van der Waals surface area (Å²) in [5, 5.41) is 0.755. The summed E-state index contributed by atoms with van der Waals surface area (Å²) in [6, 6.07) is 7.82. The third-order valence-electron chi connectivity index (χ3n) is 2.64. The molecule has 0 unspecified atom stereocenters. The first-order valence-corrected chi connectivity index (χ1v) is 5.37. The van der Waals surface area contributed by atoms with E-state index >= 15 is 0 Å². The van der Waals surface area contributed by atoms with Crippen molar-refractivity contribution in [3.63, 3.8) is 0 Å². The monoisotopic (exact) mass is 240 g/mol. The molecular weight excluding hydrogens is 224 g/mol. The lowest BCUT2D eigenvalue weighted by molar-refractivity contribution is -0.118. The van der Waals surface area contributed by atoms with E-state index in [2.05, 4.69) is 4.90 Å². The maximum Gasteiger partial charge on any atom is 0.209 e. The summed E-state index contributed by atoms with van der Waals surface area (Å²) in [5.74, 6) is 0. The van der Waals surface area contributed by atoms with Crippen molar-refractivity contribution in [2.75, 3.05) is 31.1 Å². The molecule has 3 nitrogen and oxygen atoms in total. The average molecular weight is 241 g/mol. The van der Waals surface area contributed by atoms with Crippen LogP contribution < -0.4 is 4.90 Å². The fourth-order valence-corrected chi connectivity index (χ4v) is 1.94. The minimum Gasteiger partial charge on any atom is -0.368 e. The van der Waals surface area contributed by atoms with Crippen molar-refractivity contribution in [2.24, 2.45) is 0 Å². The molecule has 0 bridgehead atoms. The van der Waals surface area contributed by atoms with Gasteiger partial charge in [-0.05, 0) is 18.2 Å². The quantitative estimate of drug-likeness (QED) is 0.741. The molecule has 1 aliphatic rings. The summed E-state index contributed by atoms with van der Waals surface area (Å²) < 4.78 is 0. The summed E-state index contributed by atoms with van der Waals surface area (Å²) in [7, 11) is 0. The molecule has 1 saturated heterocycles. The molecule has 0 radical (unpaired) electrons. The Kier molecular flexibility index (Phi) is 4.62. The van der Waals surface area contributed by atoms with E-state index in [-0.39, 0.29) is 7.43 Å². The normalized spacial score (nSPS) is 15.6. The number of anilines is 1. The van der Waals surface area contributed by atoms with Crippen molar-refractivity contribution in [2.45, 2.75) is 7.43 Å². The molecule has 4 heteroatoms. The van der Waals surface area contributed by atoms with Gasteiger partial charge in [0.05, 0.1) is 0 Å². The first-order valence-electron chi connectivity index (χ1n) is 4.99. The Labute approximate surface area is 102 Å². The van der Waals surface area contributed by atoms with E-state index < -0.39 is 0 Å². The molecule has 0 aromatic heterocycles. The molecule has 0 aliphatic carbocycles. The van der Waals surface area contributed by atoms with Gasteiger partial charge >= 0.3 is 0 Å². The fourth-order valence-electron chi connectivity index (χ4n) is 1.76. The van der Waals surface area contributed by atoms with Crippen LogP contribution in [-0.4, -0.2) is 37.5 Å². The number of carbonyl (C=O) groups excluding carboxylic acids is 1. The number of halogens is 1. The molecule has 1 fully saturated rings. The Bertz CT molecular complexity index is 349. The predicted octanol–water partition coefficient (Wildman–Crippen LogP) is 2.25. The van der Waals surface area contributed by atoms with Gasteiger partial charge in [-0.15, -0.1) is 0 Å². The molecule has 1 heterocycles. The summed E-state index contributed by atoms with van der Waals surface area (Å²) in [4.78, 5) is 14.6. The highest BCUT2D eigenvalue weighted by Gasteiger charge is 2.15. The highest BCUT2D eigenvalue weighted by Crippen LogP contribution is 2.20. The highest BCUT2D eigenvalue weighted by molar-refractivity contribution is 6.30. The van der Waals surface area contributed by atoms with Crippen LogP contribution in [0.1, 0.15) is 7.43 Å². The van der Waals surface area contributed by atoms with Gasteiger partial charge in [0, 0.05) is 36.9 Å². The van der Waals surface area contributed by atoms with Gasteiger partial charge in [0.15, 0.2) is 0 Å². The Morgan fingerprint density at radius 1 is 1.19 bits per heavy atom. The van der Waals surface area contributed by atoms with E-state index in [1.807, 2.05) is 24.3 Å². The number of benzene rings is 1. The number of hydrogen-bond donors (Lipinski definition) is 0. The zero-order valence-corrected chi connectivity index (χ0v) is 9.15. The van der Waals surface area contributed by atoms with Gasteiger partial charge in [0.1, 0.15) is 0 Å².